The van der Waals surface area contributed by atoms with Gasteiger partial charge in [-0.05, 0) is 43.5 Å². The van der Waals surface area contributed by atoms with Crippen LogP contribution in [0.25, 0.3) is 11.3 Å². The van der Waals surface area contributed by atoms with Crippen molar-refractivity contribution < 1.29 is 9.84 Å². The number of ether oxygens (including phenoxy) is 1. The number of phenols is 1. The smallest absolute Gasteiger partial charge is 0.137 e. The molecule has 1 heterocycles. The first kappa shape index (κ1) is 18.6. The summed E-state index contributed by atoms with van der Waals surface area (Å²) in [6, 6.07) is 21.3. The van der Waals surface area contributed by atoms with Gasteiger partial charge in [0.2, 0.25) is 0 Å². The van der Waals surface area contributed by atoms with E-state index in [1.165, 1.54) is 0 Å². The highest BCUT2D eigenvalue weighted by Gasteiger charge is 2.00. The molecule has 1 aromatic heterocycles. The van der Waals surface area contributed by atoms with E-state index in [4.69, 9.17) is 4.74 Å². The summed E-state index contributed by atoms with van der Waals surface area (Å²) in [5.41, 5.74) is 2.81. The standard InChI is InChI=1S/C23H24N2O2/c26-23-12-6-5-11-20(23)17-24-15-7-2-8-16-27-21-13-14-22(25-18-21)19-9-3-1-4-10-19/h1,3-6,9-14,17-18,26H,2,7-8,15-16H2. The molecule has 0 aliphatic carbocycles. The molecule has 0 amide bonds. The molecule has 0 bridgehead atoms. The Labute approximate surface area is 160 Å². The molecule has 0 saturated carbocycles. The fourth-order valence-corrected chi connectivity index (χ4v) is 2.68. The highest BCUT2D eigenvalue weighted by molar-refractivity contribution is 5.83. The Balaban J connectivity index is 1.32. The number of para-hydroxylation sites is 1. The molecular formula is C23H24N2O2. The molecule has 0 aliphatic rings. The van der Waals surface area contributed by atoms with Gasteiger partial charge >= 0.3 is 0 Å². The van der Waals surface area contributed by atoms with Crippen LogP contribution in [-0.4, -0.2) is 29.5 Å². The second-order valence-corrected chi connectivity index (χ2v) is 6.25. The van der Waals surface area contributed by atoms with Crippen molar-refractivity contribution in [3.63, 3.8) is 0 Å². The van der Waals surface area contributed by atoms with Gasteiger partial charge in [0, 0.05) is 23.9 Å². The van der Waals surface area contributed by atoms with Gasteiger partial charge in [0.25, 0.3) is 0 Å². The Hall–Kier alpha value is -3.14. The summed E-state index contributed by atoms with van der Waals surface area (Å²) in [4.78, 5) is 8.82. The SMILES string of the molecule is Oc1ccccc1C=NCCCCCOc1ccc(-c2ccccc2)nc1. The number of aromatic nitrogens is 1. The summed E-state index contributed by atoms with van der Waals surface area (Å²) in [6.07, 6.45) is 6.53. The second-order valence-electron chi connectivity index (χ2n) is 6.25. The third-order valence-corrected chi connectivity index (χ3v) is 4.17. The van der Waals surface area contributed by atoms with Crippen molar-refractivity contribution in [3.05, 3.63) is 78.5 Å². The molecule has 138 valence electrons. The predicted octanol–water partition coefficient (Wildman–Crippen LogP) is 5.12. The maximum absolute atomic E-state index is 9.66. The van der Waals surface area contributed by atoms with Crippen molar-refractivity contribution in [1.82, 2.24) is 4.98 Å². The Morgan fingerprint density at radius 3 is 2.48 bits per heavy atom. The fraction of sp³-hybridized carbons (Fsp3) is 0.217. The number of phenolic OH excluding ortho intramolecular Hbond substituents is 1. The number of unbranched alkanes of at least 4 members (excludes halogenated alkanes) is 2. The second kappa shape index (κ2) is 10.1. The molecule has 0 atom stereocenters. The molecule has 0 aliphatic heterocycles. The number of aliphatic imine (C=N–C) groups is 1. The molecule has 3 aromatic rings. The van der Waals surface area contributed by atoms with E-state index in [9.17, 15) is 5.11 Å². The number of benzene rings is 2. The fourth-order valence-electron chi connectivity index (χ4n) is 2.68. The maximum Gasteiger partial charge on any atom is 0.137 e. The van der Waals surface area contributed by atoms with E-state index in [-0.39, 0.29) is 5.75 Å². The van der Waals surface area contributed by atoms with Crippen molar-refractivity contribution in [2.24, 2.45) is 4.99 Å². The molecular weight excluding hydrogens is 336 g/mol. The van der Waals surface area contributed by atoms with E-state index in [0.29, 0.717) is 6.61 Å². The highest BCUT2D eigenvalue weighted by Crippen LogP contribution is 2.19. The van der Waals surface area contributed by atoms with Gasteiger partial charge in [0.1, 0.15) is 11.5 Å². The largest absolute Gasteiger partial charge is 0.507 e. The summed E-state index contributed by atoms with van der Waals surface area (Å²) in [6.45, 7) is 1.43. The van der Waals surface area contributed by atoms with E-state index in [1.54, 1.807) is 24.5 Å². The van der Waals surface area contributed by atoms with Gasteiger partial charge in [-0.15, -0.1) is 0 Å². The lowest BCUT2D eigenvalue weighted by atomic mass is 10.1. The van der Waals surface area contributed by atoms with E-state index >= 15 is 0 Å². The van der Waals surface area contributed by atoms with Gasteiger partial charge in [-0.3, -0.25) is 9.98 Å². The van der Waals surface area contributed by atoms with E-state index < -0.39 is 0 Å². The van der Waals surface area contributed by atoms with Crippen LogP contribution in [0.1, 0.15) is 24.8 Å². The van der Waals surface area contributed by atoms with Crippen molar-refractivity contribution in [3.8, 4) is 22.8 Å². The molecule has 0 unspecified atom stereocenters. The van der Waals surface area contributed by atoms with Crippen LogP contribution in [0.5, 0.6) is 11.5 Å². The average molecular weight is 360 g/mol. The monoisotopic (exact) mass is 360 g/mol. The molecule has 0 saturated heterocycles. The van der Waals surface area contributed by atoms with E-state index in [2.05, 4.69) is 9.98 Å². The molecule has 3 rings (SSSR count). The number of aromatic hydroxyl groups is 1. The van der Waals surface area contributed by atoms with Crippen molar-refractivity contribution >= 4 is 6.21 Å². The van der Waals surface area contributed by atoms with Crippen LogP contribution >= 0.6 is 0 Å². The summed E-state index contributed by atoms with van der Waals surface area (Å²) in [5.74, 6) is 1.06. The Morgan fingerprint density at radius 1 is 0.889 bits per heavy atom. The first-order valence-electron chi connectivity index (χ1n) is 9.25. The van der Waals surface area contributed by atoms with Crippen molar-refractivity contribution in [2.75, 3.05) is 13.2 Å². The maximum atomic E-state index is 9.66. The summed E-state index contributed by atoms with van der Waals surface area (Å²) >= 11 is 0. The molecule has 4 nitrogen and oxygen atoms in total. The number of pyridine rings is 1. The zero-order valence-corrected chi connectivity index (χ0v) is 15.3. The topological polar surface area (TPSA) is 54.7 Å². The van der Waals surface area contributed by atoms with Crippen LogP contribution < -0.4 is 4.74 Å². The number of nitrogens with zero attached hydrogens (tertiary/aromatic N) is 2. The van der Waals surface area contributed by atoms with Gasteiger partial charge in [-0.25, -0.2) is 0 Å². The van der Waals surface area contributed by atoms with Crippen LogP contribution in [-0.2, 0) is 0 Å². The lowest BCUT2D eigenvalue weighted by molar-refractivity contribution is 0.304. The first-order chi connectivity index (χ1) is 13.3. The number of rotatable bonds is 9. The van der Waals surface area contributed by atoms with Crippen molar-refractivity contribution in [2.45, 2.75) is 19.3 Å². The zero-order valence-electron chi connectivity index (χ0n) is 15.3. The quantitative estimate of drug-likeness (QED) is 0.425. The third-order valence-electron chi connectivity index (χ3n) is 4.17. The van der Waals surface area contributed by atoms with Crippen LogP contribution in [0.3, 0.4) is 0 Å². The number of hydrogen-bond donors (Lipinski definition) is 1. The Bertz CT molecular complexity index is 846. The van der Waals surface area contributed by atoms with Crippen molar-refractivity contribution in [1.29, 1.82) is 0 Å². The van der Waals surface area contributed by atoms with Crippen LogP contribution in [0, 0.1) is 0 Å². The molecule has 0 radical (unpaired) electrons. The minimum Gasteiger partial charge on any atom is -0.507 e. The normalized spacial score (nSPS) is 11.0. The van der Waals surface area contributed by atoms with Gasteiger partial charge < -0.3 is 9.84 Å². The average Bonchev–Trinajstić information content (AvgIpc) is 2.72. The lowest BCUT2D eigenvalue weighted by Gasteiger charge is -2.06. The zero-order chi connectivity index (χ0) is 18.7. The first-order valence-corrected chi connectivity index (χ1v) is 9.25. The Kier molecular flexibility index (Phi) is 6.99. The third kappa shape index (κ3) is 5.96. The predicted molar refractivity (Wildman–Crippen MR) is 110 cm³/mol. The molecule has 2 aromatic carbocycles. The van der Waals surface area contributed by atoms with Gasteiger partial charge in [0.15, 0.2) is 0 Å². The molecule has 0 spiro atoms. The summed E-state index contributed by atoms with van der Waals surface area (Å²) < 4.78 is 5.75. The molecule has 0 fully saturated rings. The lowest BCUT2D eigenvalue weighted by Crippen LogP contribution is -1.98. The Morgan fingerprint density at radius 2 is 1.70 bits per heavy atom. The highest BCUT2D eigenvalue weighted by atomic mass is 16.5. The minimum atomic E-state index is 0.265. The molecule has 4 heteroatoms. The number of hydrogen-bond acceptors (Lipinski definition) is 4. The molecule has 27 heavy (non-hydrogen) atoms. The van der Waals surface area contributed by atoms with E-state index in [1.807, 2.05) is 54.6 Å². The van der Waals surface area contributed by atoms with Gasteiger partial charge in [-0.2, -0.15) is 0 Å². The summed E-state index contributed by atoms with van der Waals surface area (Å²) in [7, 11) is 0. The molecule has 1 N–H and O–H groups in total. The van der Waals surface area contributed by atoms with Crippen LogP contribution in [0.2, 0.25) is 0 Å². The summed E-state index contributed by atoms with van der Waals surface area (Å²) in [5, 5.41) is 9.66. The van der Waals surface area contributed by atoms with Gasteiger partial charge in [-0.1, -0.05) is 42.5 Å². The minimum absolute atomic E-state index is 0.265. The van der Waals surface area contributed by atoms with Gasteiger partial charge in [0.05, 0.1) is 18.5 Å². The van der Waals surface area contributed by atoms with Crippen LogP contribution in [0.4, 0.5) is 0 Å². The van der Waals surface area contributed by atoms with Crippen LogP contribution in [0.15, 0.2) is 77.9 Å². The van der Waals surface area contributed by atoms with E-state index in [0.717, 1.165) is 48.4 Å².